The molecule has 0 radical (unpaired) electrons. The zero-order valence-electron chi connectivity index (χ0n) is 10.2. The minimum absolute atomic E-state index is 0.102. The van der Waals surface area contributed by atoms with E-state index in [1.54, 1.807) is 0 Å². The highest BCUT2D eigenvalue weighted by atomic mass is 16.5. The summed E-state index contributed by atoms with van der Waals surface area (Å²) in [6, 6.07) is 3.72. The summed E-state index contributed by atoms with van der Waals surface area (Å²) < 4.78 is 5.33. The van der Waals surface area contributed by atoms with Crippen molar-refractivity contribution in [1.29, 1.82) is 0 Å². The second-order valence-electron chi connectivity index (χ2n) is 4.01. The monoisotopic (exact) mass is 253 g/mol. The number of benzene rings is 1. The Balaban J connectivity index is 2.89. The van der Waals surface area contributed by atoms with Crippen LogP contribution in [-0.2, 0) is 0 Å². The molecule has 0 amide bonds. The summed E-state index contributed by atoms with van der Waals surface area (Å²) in [7, 11) is 3.75. The number of hydrogen-bond acceptors (Lipinski definition) is 4. The molecule has 0 spiro atoms. The van der Waals surface area contributed by atoms with Crippen molar-refractivity contribution in [1.82, 2.24) is 4.90 Å². The predicted octanol–water partition coefficient (Wildman–Crippen LogP) is 1.02. The Kier molecular flexibility index (Phi) is 4.67. The molecule has 1 rings (SSSR count). The first-order valence-electron chi connectivity index (χ1n) is 5.29. The predicted molar refractivity (Wildman–Crippen MR) is 64.4 cm³/mol. The minimum atomic E-state index is -1.18. The van der Waals surface area contributed by atoms with Crippen LogP contribution in [0.15, 0.2) is 18.2 Å². The van der Waals surface area contributed by atoms with Crippen LogP contribution >= 0.6 is 0 Å². The van der Waals surface area contributed by atoms with Crippen molar-refractivity contribution in [2.45, 2.75) is 0 Å². The maximum absolute atomic E-state index is 10.9. The Hall–Kier alpha value is -2.08. The van der Waals surface area contributed by atoms with Crippen molar-refractivity contribution in [2.24, 2.45) is 0 Å². The molecule has 0 fully saturated rings. The summed E-state index contributed by atoms with van der Waals surface area (Å²) in [6.07, 6.45) is 0. The second kappa shape index (κ2) is 6.02. The molecule has 0 aliphatic rings. The lowest BCUT2D eigenvalue weighted by molar-refractivity contribution is 0.0696. The Morgan fingerprint density at radius 2 is 1.61 bits per heavy atom. The number of hydrogen-bond donors (Lipinski definition) is 2. The van der Waals surface area contributed by atoms with Gasteiger partial charge >= 0.3 is 11.9 Å². The molecule has 0 aliphatic heterocycles. The summed E-state index contributed by atoms with van der Waals surface area (Å²) in [4.78, 5) is 23.6. The van der Waals surface area contributed by atoms with Crippen LogP contribution in [-0.4, -0.2) is 54.3 Å². The number of nitrogens with zero attached hydrogens (tertiary/aromatic N) is 1. The number of carboxylic acids is 2. The number of ether oxygens (including phenoxy) is 1. The Morgan fingerprint density at radius 3 is 2.00 bits per heavy atom. The highest BCUT2D eigenvalue weighted by molar-refractivity contribution is 5.94. The molecule has 0 unspecified atom stereocenters. The van der Waals surface area contributed by atoms with Gasteiger partial charge in [0.15, 0.2) is 0 Å². The van der Waals surface area contributed by atoms with Gasteiger partial charge in [-0.1, -0.05) is 0 Å². The number of aromatic carboxylic acids is 2. The lowest BCUT2D eigenvalue weighted by Gasteiger charge is -2.11. The zero-order valence-corrected chi connectivity index (χ0v) is 10.2. The molecule has 18 heavy (non-hydrogen) atoms. The summed E-state index contributed by atoms with van der Waals surface area (Å²) in [5, 5.41) is 17.7. The van der Waals surface area contributed by atoms with E-state index in [9.17, 15) is 9.59 Å². The van der Waals surface area contributed by atoms with E-state index in [0.717, 1.165) is 6.07 Å². The van der Waals surface area contributed by atoms with Gasteiger partial charge < -0.3 is 19.8 Å². The highest BCUT2D eigenvalue weighted by Crippen LogP contribution is 2.17. The van der Waals surface area contributed by atoms with E-state index in [0.29, 0.717) is 13.2 Å². The minimum Gasteiger partial charge on any atom is -0.492 e. The molecule has 0 atom stereocenters. The molecule has 2 N–H and O–H groups in total. The smallest absolute Gasteiger partial charge is 0.335 e. The maximum Gasteiger partial charge on any atom is 0.335 e. The highest BCUT2D eigenvalue weighted by Gasteiger charge is 2.12. The first kappa shape index (κ1) is 14.0. The first-order valence-corrected chi connectivity index (χ1v) is 5.29. The van der Waals surface area contributed by atoms with Crippen molar-refractivity contribution in [2.75, 3.05) is 27.2 Å². The number of carboxylic acid groups (broad SMARTS) is 2. The van der Waals surface area contributed by atoms with Crippen molar-refractivity contribution in [3.63, 3.8) is 0 Å². The molecule has 6 nitrogen and oxygen atoms in total. The number of likely N-dealkylation sites (N-methyl/N-ethyl adjacent to an activating group) is 1. The van der Waals surface area contributed by atoms with Gasteiger partial charge in [0.25, 0.3) is 0 Å². The maximum atomic E-state index is 10.9. The van der Waals surface area contributed by atoms with Crippen molar-refractivity contribution in [3.05, 3.63) is 29.3 Å². The SMILES string of the molecule is CN(C)CCOc1cc(C(=O)O)cc(C(=O)O)c1. The largest absolute Gasteiger partial charge is 0.492 e. The van der Waals surface area contributed by atoms with E-state index in [1.807, 2.05) is 19.0 Å². The van der Waals surface area contributed by atoms with Crippen LogP contribution in [0.5, 0.6) is 5.75 Å². The van der Waals surface area contributed by atoms with Gasteiger partial charge in [0.1, 0.15) is 12.4 Å². The van der Waals surface area contributed by atoms with Crippen LogP contribution in [0.25, 0.3) is 0 Å². The van der Waals surface area contributed by atoms with Gasteiger partial charge in [0.2, 0.25) is 0 Å². The van der Waals surface area contributed by atoms with E-state index in [-0.39, 0.29) is 16.9 Å². The molecule has 1 aromatic rings. The summed E-state index contributed by atoms with van der Waals surface area (Å²) >= 11 is 0. The van der Waals surface area contributed by atoms with Gasteiger partial charge in [-0.3, -0.25) is 0 Å². The van der Waals surface area contributed by atoms with Gasteiger partial charge in [0, 0.05) is 6.54 Å². The molecular weight excluding hydrogens is 238 g/mol. The fourth-order valence-electron chi connectivity index (χ4n) is 1.28. The van der Waals surface area contributed by atoms with Crippen LogP contribution < -0.4 is 4.74 Å². The third kappa shape index (κ3) is 4.06. The molecule has 98 valence electrons. The molecule has 1 aromatic carbocycles. The fourth-order valence-corrected chi connectivity index (χ4v) is 1.28. The van der Waals surface area contributed by atoms with Gasteiger partial charge in [-0.25, -0.2) is 9.59 Å². The Bertz CT molecular complexity index is 424. The molecule has 0 aromatic heterocycles. The molecule has 0 saturated carbocycles. The molecule has 0 aliphatic carbocycles. The summed E-state index contributed by atoms with van der Waals surface area (Å²) in [5.41, 5.74) is -0.204. The quantitative estimate of drug-likeness (QED) is 0.787. The second-order valence-corrected chi connectivity index (χ2v) is 4.01. The third-order valence-corrected chi connectivity index (χ3v) is 2.21. The van der Waals surface area contributed by atoms with Crippen molar-refractivity contribution >= 4 is 11.9 Å². The average molecular weight is 253 g/mol. The standard InChI is InChI=1S/C12H15NO5/c1-13(2)3-4-18-10-6-8(11(14)15)5-9(7-10)12(16)17/h5-7H,3-4H2,1-2H3,(H,14,15)(H,16,17). The Morgan fingerprint density at radius 1 is 1.11 bits per heavy atom. The first-order chi connectivity index (χ1) is 8.40. The molecule has 0 saturated heterocycles. The number of carbonyl (C=O) groups is 2. The van der Waals surface area contributed by atoms with Gasteiger partial charge in [0.05, 0.1) is 11.1 Å². The normalized spacial score (nSPS) is 10.4. The van der Waals surface area contributed by atoms with Gasteiger partial charge in [-0.05, 0) is 32.3 Å². The van der Waals surface area contributed by atoms with Crippen LogP contribution in [0.3, 0.4) is 0 Å². The van der Waals surface area contributed by atoms with E-state index in [2.05, 4.69) is 0 Å². The fraction of sp³-hybridized carbons (Fsp3) is 0.333. The van der Waals surface area contributed by atoms with Gasteiger partial charge in [-0.15, -0.1) is 0 Å². The zero-order chi connectivity index (χ0) is 13.7. The molecule has 6 heteroatoms. The summed E-state index contributed by atoms with van der Waals surface area (Å²) in [5.74, 6) is -2.12. The van der Waals surface area contributed by atoms with Crippen molar-refractivity contribution < 1.29 is 24.5 Å². The lowest BCUT2D eigenvalue weighted by atomic mass is 10.1. The summed E-state index contributed by atoms with van der Waals surface area (Å²) in [6.45, 7) is 1.01. The van der Waals surface area contributed by atoms with Crippen LogP contribution in [0.2, 0.25) is 0 Å². The average Bonchev–Trinajstić information content (AvgIpc) is 2.28. The topological polar surface area (TPSA) is 87.1 Å². The molecular formula is C12H15NO5. The van der Waals surface area contributed by atoms with E-state index in [4.69, 9.17) is 14.9 Å². The van der Waals surface area contributed by atoms with Crippen LogP contribution in [0, 0.1) is 0 Å². The molecule has 0 bridgehead atoms. The van der Waals surface area contributed by atoms with Crippen LogP contribution in [0.4, 0.5) is 0 Å². The molecule has 0 heterocycles. The lowest BCUT2D eigenvalue weighted by Crippen LogP contribution is -2.19. The third-order valence-electron chi connectivity index (χ3n) is 2.21. The van der Waals surface area contributed by atoms with E-state index in [1.165, 1.54) is 12.1 Å². The van der Waals surface area contributed by atoms with Crippen molar-refractivity contribution in [3.8, 4) is 5.75 Å². The van der Waals surface area contributed by atoms with E-state index >= 15 is 0 Å². The number of rotatable bonds is 6. The van der Waals surface area contributed by atoms with E-state index < -0.39 is 11.9 Å². The van der Waals surface area contributed by atoms with Gasteiger partial charge in [-0.2, -0.15) is 0 Å². The Labute approximate surface area is 104 Å². The van der Waals surface area contributed by atoms with Crippen LogP contribution in [0.1, 0.15) is 20.7 Å².